The van der Waals surface area contributed by atoms with Gasteiger partial charge in [0.15, 0.2) is 5.75 Å². The van der Waals surface area contributed by atoms with Crippen molar-refractivity contribution < 1.29 is 18.8 Å². The van der Waals surface area contributed by atoms with Crippen molar-refractivity contribution in [2.75, 3.05) is 5.73 Å². The van der Waals surface area contributed by atoms with Crippen LogP contribution in [0.2, 0.25) is 0 Å². The smallest absolute Gasteiger partial charge is 0.312 e. The van der Waals surface area contributed by atoms with Gasteiger partial charge in [-0.1, -0.05) is 6.07 Å². The summed E-state index contributed by atoms with van der Waals surface area (Å²) in [5, 5.41) is 11.0. The molecular formula is C13H10FN3O4. The zero-order valence-corrected chi connectivity index (χ0v) is 10.6. The van der Waals surface area contributed by atoms with E-state index in [-0.39, 0.29) is 22.7 Å². The Morgan fingerprint density at radius 3 is 2.57 bits per heavy atom. The van der Waals surface area contributed by atoms with Gasteiger partial charge in [-0.3, -0.25) is 14.9 Å². The van der Waals surface area contributed by atoms with Gasteiger partial charge in [-0.25, -0.2) is 4.39 Å². The molecule has 2 aromatic carbocycles. The van der Waals surface area contributed by atoms with Crippen LogP contribution in [-0.4, -0.2) is 10.8 Å². The fraction of sp³-hybridized carbons (Fsp3) is 0. The average Bonchev–Trinajstić information content (AvgIpc) is 2.43. The summed E-state index contributed by atoms with van der Waals surface area (Å²) in [5.41, 5.74) is 9.76. The summed E-state index contributed by atoms with van der Waals surface area (Å²) >= 11 is 0. The first-order valence-electron chi connectivity index (χ1n) is 5.70. The molecule has 0 saturated heterocycles. The molecule has 0 heterocycles. The lowest BCUT2D eigenvalue weighted by molar-refractivity contribution is -0.385. The summed E-state index contributed by atoms with van der Waals surface area (Å²) in [4.78, 5) is 21.3. The van der Waals surface area contributed by atoms with Crippen molar-refractivity contribution in [3.8, 4) is 11.5 Å². The molecule has 0 aromatic heterocycles. The molecule has 2 aromatic rings. The SMILES string of the molecule is NC(=O)c1ccc(Oc2cccc(F)c2N)c([N+](=O)[O-])c1. The predicted molar refractivity (Wildman–Crippen MR) is 72.5 cm³/mol. The number of primary amides is 1. The number of ether oxygens (including phenoxy) is 1. The van der Waals surface area contributed by atoms with Crippen LogP contribution < -0.4 is 16.2 Å². The van der Waals surface area contributed by atoms with E-state index in [9.17, 15) is 19.3 Å². The quantitative estimate of drug-likeness (QED) is 0.508. The number of anilines is 1. The summed E-state index contributed by atoms with van der Waals surface area (Å²) in [5.74, 6) is -1.76. The first-order valence-corrected chi connectivity index (χ1v) is 5.70. The number of nitrogens with two attached hydrogens (primary N) is 2. The van der Waals surface area contributed by atoms with Gasteiger partial charge in [0, 0.05) is 11.6 Å². The number of nitro groups is 1. The number of hydrogen-bond acceptors (Lipinski definition) is 5. The molecule has 108 valence electrons. The molecule has 0 saturated carbocycles. The minimum absolute atomic E-state index is 0.0405. The lowest BCUT2D eigenvalue weighted by Crippen LogP contribution is -2.11. The van der Waals surface area contributed by atoms with Crippen molar-refractivity contribution in [2.24, 2.45) is 5.73 Å². The first kappa shape index (κ1) is 14.3. The molecule has 0 spiro atoms. The molecule has 21 heavy (non-hydrogen) atoms. The third kappa shape index (κ3) is 2.89. The van der Waals surface area contributed by atoms with E-state index < -0.39 is 22.3 Å². The average molecular weight is 291 g/mol. The number of nitro benzene ring substituents is 1. The zero-order valence-electron chi connectivity index (χ0n) is 10.6. The Bertz CT molecular complexity index is 733. The van der Waals surface area contributed by atoms with E-state index in [1.54, 1.807) is 0 Å². The molecule has 8 heteroatoms. The van der Waals surface area contributed by atoms with E-state index in [1.165, 1.54) is 24.3 Å². The van der Waals surface area contributed by atoms with Gasteiger partial charge < -0.3 is 16.2 Å². The maximum Gasteiger partial charge on any atom is 0.312 e. The Balaban J connectivity index is 2.46. The Hall–Kier alpha value is -3.16. The van der Waals surface area contributed by atoms with Crippen molar-refractivity contribution in [3.63, 3.8) is 0 Å². The van der Waals surface area contributed by atoms with E-state index in [4.69, 9.17) is 16.2 Å². The number of nitrogen functional groups attached to an aromatic ring is 1. The molecule has 0 atom stereocenters. The number of halogens is 1. The van der Waals surface area contributed by atoms with E-state index >= 15 is 0 Å². The lowest BCUT2D eigenvalue weighted by Gasteiger charge is -2.09. The van der Waals surface area contributed by atoms with Gasteiger partial charge >= 0.3 is 5.69 Å². The molecule has 4 N–H and O–H groups in total. The number of benzene rings is 2. The zero-order chi connectivity index (χ0) is 15.6. The molecule has 0 aliphatic carbocycles. The Kier molecular flexibility index (Phi) is 3.70. The Morgan fingerprint density at radius 2 is 1.95 bits per heavy atom. The Morgan fingerprint density at radius 1 is 1.24 bits per heavy atom. The second kappa shape index (κ2) is 5.45. The van der Waals surface area contributed by atoms with Crippen LogP contribution >= 0.6 is 0 Å². The molecule has 2 rings (SSSR count). The highest BCUT2D eigenvalue weighted by atomic mass is 19.1. The van der Waals surface area contributed by atoms with Crippen LogP contribution in [0.3, 0.4) is 0 Å². The molecule has 0 bridgehead atoms. The maximum atomic E-state index is 13.3. The van der Waals surface area contributed by atoms with Crippen molar-refractivity contribution >= 4 is 17.3 Å². The van der Waals surface area contributed by atoms with Crippen LogP contribution in [0.15, 0.2) is 36.4 Å². The number of carbonyl (C=O) groups excluding carboxylic acids is 1. The molecule has 0 aliphatic heterocycles. The van der Waals surface area contributed by atoms with Gasteiger partial charge in [-0.2, -0.15) is 0 Å². The number of para-hydroxylation sites is 1. The van der Waals surface area contributed by atoms with E-state index in [2.05, 4.69) is 0 Å². The lowest BCUT2D eigenvalue weighted by atomic mass is 10.2. The standard InChI is InChI=1S/C13H10FN3O4/c14-8-2-1-3-11(12(8)15)21-10-5-4-7(13(16)18)6-9(10)17(19)20/h1-6H,15H2,(H2,16,18). The molecule has 0 radical (unpaired) electrons. The second-order valence-electron chi connectivity index (χ2n) is 4.06. The van der Waals surface area contributed by atoms with Crippen molar-refractivity contribution in [1.29, 1.82) is 0 Å². The van der Waals surface area contributed by atoms with Gasteiger partial charge in [-0.05, 0) is 24.3 Å². The first-order chi connectivity index (χ1) is 9.90. The summed E-state index contributed by atoms with van der Waals surface area (Å²) < 4.78 is 18.6. The highest BCUT2D eigenvalue weighted by Crippen LogP contribution is 2.35. The molecule has 0 fully saturated rings. The maximum absolute atomic E-state index is 13.3. The third-order valence-corrected chi connectivity index (χ3v) is 2.67. The summed E-state index contributed by atoms with van der Waals surface area (Å²) in [7, 11) is 0. The van der Waals surface area contributed by atoms with Crippen LogP contribution in [-0.2, 0) is 0 Å². The van der Waals surface area contributed by atoms with Gasteiger partial charge in [0.1, 0.15) is 11.5 Å². The van der Waals surface area contributed by atoms with Crippen molar-refractivity contribution in [1.82, 2.24) is 0 Å². The number of nitrogens with zero attached hydrogens (tertiary/aromatic N) is 1. The van der Waals surface area contributed by atoms with Crippen LogP contribution in [0.25, 0.3) is 0 Å². The Labute approximate surface area is 118 Å². The van der Waals surface area contributed by atoms with Crippen LogP contribution in [0.1, 0.15) is 10.4 Å². The van der Waals surface area contributed by atoms with Crippen molar-refractivity contribution in [2.45, 2.75) is 0 Å². The number of carbonyl (C=O) groups is 1. The summed E-state index contributed by atoms with van der Waals surface area (Å²) in [6, 6.07) is 7.29. The van der Waals surface area contributed by atoms with E-state index in [0.29, 0.717) is 0 Å². The van der Waals surface area contributed by atoms with Gasteiger partial charge in [0.2, 0.25) is 11.7 Å². The van der Waals surface area contributed by atoms with Crippen LogP contribution in [0.5, 0.6) is 11.5 Å². The van der Waals surface area contributed by atoms with Gasteiger partial charge in [0.25, 0.3) is 0 Å². The van der Waals surface area contributed by atoms with Gasteiger partial charge in [0.05, 0.1) is 4.92 Å². The van der Waals surface area contributed by atoms with E-state index in [1.807, 2.05) is 0 Å². The summed E-state index contributed by atoms with van der Waals surface area (Å²) in [6.45, 7) is 0. The second-order valence-corrected chi connectivity index (χ2v) is 4.06. The molecular weight excluding hydrogens is 281 g/mol. The minimum Gasteiger partial charge on any atom is -0.448 e. The predicted octanol–water partition coefficient (Wildman–Crippen LogP) is 2.21. The fourth-order valence-corrected chi connectivity index (χ4v) is 1.62. The molecule has 0 aliphatic rings. The number of amides is 1. The molecule has 0 unspecified atom stereocenters. The normalized spacial score (nSPS) is 10.1. The van der Waals surface area contributed by atoms with Crippen LogP contribution in [0.4, 0.5) is 15.8 Å². The fourth-order valence-electron chi connectivity index (χ4n) is 1.62. The van der Waals surface area contributed by atoms with E-state index in [0.717, 1.165) is 12.1 Å². The van der Waals surface area contributed by atoms with Gasteiger partial charge in [-0.15, -0.1) is 0 Å². The largest absolute Gasteiger partial charge is 0.448 e. The third-order valence-electron chi connectivity index (χ3n) is 2.67. The van der Waals surface area contributed by atoms with Crippen molar-refractivity contribution in [3.05, 3.63) is 57.9 Å². The monoisotopic (exact) mass is 291 g/mol. The highest BCUT2D eigenvalue weighted by molar-refractivity contribution is 5.93. The summed E-state index contributed by atoms with van der Waals surface area (Å²) in [6.07, 6.45) is 0. The molecule has 1 amide bonds. The molecule has 7 nitrogen and oxygen atoms in total. The highest BCUT2D eigenvalue weighted by Gasteiger charge is 2.19. The topological polar surface area (TPSA) is 121 Å². The van der Waals surface area contributed by atoms with Crippen LogP contribution in [0, 0.1) is 15.9 Å². The number of rotatable bonds is 4. The number of hydrogen-bond donors (Lipinski definition) is 2. The minimum atomic E-state index is -0.810.